The molecular formula is C38H38NO2PS. The molecule has 43 heavy (non-hydrogen) atoms. The Morgan fingerprint density at radius 1 is 0.674 bits per heavy atom. The number of ether oxygens (including phenoxy) is 1. The second-order valence-corrected chi connectivity index (χ2v) is 16.6. The highest BCUT2D eigenvalue weighted by molar-refractivity contribution is 7.84. The van der Waals surface area contributed by atoms with Gasteiger partial charge in [-0.15, -0.1) is 0 Å². The van der Waals surface area contributed by atoms with Gasteiger partial charge in [-0.05, 0) is 44.9 Å². The Labute approximate surface area is 259 Å². The zero-order chi connectivity index (χ0) is 30.2. The highest BCUT2D eigenvalue weighted by atomic mass is 32.2. The van der Waals surface area contributed by atoms with Crippen LogP contribution in [-0.4, -0.2) is 8.96 Å². The summed E-state index contributed by atoms with van der Waals surface area (Å²) >= 11 is 0. The monoisotopic (exact) mass is 603 g/mol. The van der Waals surface area contributed by atoms with Gasteiger partial charge in [0.1, 0.15) is 11.5 Å². The summed E-state index contributed by atoms with van der Waals surface area (Å²) < 4.78 is 23.7. The molecule has 0 saturated carbocycles. The Bertz CT molecular complexity index is 1710. The maximum Gasteiger partial charge on any atom is 0.139 e. The van der Waals surface area contributed by atoms with Crippen LogP contribution in [0.15, 0.2) is 127 Å². The molecule has 5 aromatic carbocycles. The van der Waals surface area contributed by atoms with E-state index in [-0.39, 0.29) is 11.5 Å². The van der Waals surface area contributed by atoms with Crippen molar-refractivity contribution in [2.45, 2.75) is 50.8 Å². The van der Waals surface area contributed by atoms with Gasteiger partial charge in [0.15, 0.2) is 0 Å². The van der Waals surface area contributed by atoms with E-state index in [4.69, 9.17) is 4.74 Å². The molecule has 0 amide bonds. The zero-order valence-corrected chi connectivity index (χ0v) is 27.1. The van der Waals surface area contributed by atoms with E-state index in [1.54, 1.807) is 0 Å². The summed E-state index contributed by atoms with van der Waals surface area (Å²) in [7, 11) is -2.18. The first-order valence-corrected chi connectivity index (χ1v) is 17.2. The van der Waals surface area contributed by atoms with E-state index in [0.717, 1.165) is 28.2 Å². The topological polar surface area (TPSA) is 38.3 Å². The Morgan fingerprint density at radius 3 is 1.74 bits per heavy atom. The minimum absolute atomic E-state index is 0.312. The van der Waals surface area contributed by atoms with Crippen LogP contribution in [0.4, 0.5) is 0 Å². The van der Waals surface area contributed by atoms with Crippen LogP contribution in [0.5, 0.6) is 11.5 Å². The molecule has 1 N–H and O–H groups in total. The standard InChI is InChI=1S/C38H38NO2PS/c1-37(2,3)43(40)39-34(27-17-9-6-10-18-27)30-23-15-24-31-35(30)41-36-32(38(31,4)5)25-16-26-33(36)42(28-19-11-7-12-20-28)29-21-13-8-14-22-29/h6-26,34,39H,1-5H3/t34-,43-/m1/s1. The first kappa shape index (κ1) is 29.5. The molecule has 3 nitrogen and oxygen atoms in total. The summed E-state index contributed by atoms with van der Waals surface area (Å²) in [4.78, 5) is 0. The highest BCUT2D eigenvalue weighted by Gasteiger charge is 2.39. The van der Waals surface area contributed by atoms with Crippen molar-refractivity contribution in [1.29, 1.82) is 0 Å². The number of rotatable bonds is 7. The molecule has 0 radical (unpaired) electrons. The van der Waals surface area contributed by atoms with E-state index in [1.165, 1.54) is 21.5 Å². The number of hydrogen-bond acceptors (Lipinski definition) is 2. The van der Waals surface area contributed by atoms with Crippen LogP contribution in [0.3, 0.4) is 0 Å². The van der Waals surface area contributed by atoms with Crippen LogP contribution in [0.1, 0.15) is 62.9 Å². The van der Waals surface area contributed by atoms with E-state index in [2.05, 4.69) is 128 Å². The van der Waals surface area contributed by atoms with Crippen LogP contribution in [0.25, 0.3) is 0 Å². The molecule has 0 saturated heterocycles. The van der Waals surface area contributed by atoms with Crippen molar-refractivity contribution in [2.24, 2.45) is 0 Å². The second kappa shape index (κ2) is 11.8. The van der Waals surface area contributed by atoms with Gasteiger partial charge in [0.25, 0.3) is 0 Å². The molecule has 0 aromatic heterocycles. The molecule has 0 spiro atoms. The van der Waals surface area contributed by atoms with Gasteiger partial charge in [0, 0.05) is 27.4 Å². The molecule has 1 aliphatic heterocycles. The minimum atomic E-state index is -1.30. The van der Waals surface area contributed by atoms with Crippen LogP contribution in [0, 0.1) is 0 Å². The Hall–Kier alpha value is -3.56. The third-order valence-corrected chi connectivity index (χ3v) is 12.1. The molecule has 5 heteroatoms. The van der Waals surface area contributed by atoms with Gasteiger partial charge in [-0.2, -0.15) is 0 Å². The molecule has 5 aromatic rings. The van der Waals surface area contributed by atoms with Crippen molar-refractivity contribution in [2.75, 3.05) is 0 Å². The third kappa shape index (κ3) is 5.72. The summed E-state index contributed by atoms with van der Waals surface area (Å²) in [6.07, 6.45) is 0. The summed E-state index contributed by atoms with van der Waals surface area (Å²) in [5.74, 6) is 1.77. The molecular weight excluding hydrogens is 565 g/mol. The summed E-state index contributed by atoms with van der Waals surface area (Å²) in [6, 6.07) is 44.5. The fourth-order valence-corrected chi connectivity index (χ4v) is 8.99. The van der Waals surface area contributed by atoms with Crippen molar-refractivity contribution in [3.05, 3.63) is 150 Å². The number of hydrogen-bond donors (Lipinski definition) is 1. The number of para-hydroxylation sites is 2. The summed E-state index contributed by atoms with van der Waals surface area (Å²) in [5.41, 5.74) is 4.02. The van der Waals surface area contributed by atoms with Gasteiger partial charge in [-0.25, -0.2) is 8.93 Å². The van der Waals surface area contributed by atoms with Crippen molar-refractivity contribution in [1.82, 2.24) is 4.72 Å². The lowest BCUT2D eigenvalue weighted by atomic mass is 9.74. The molecule has 1 heterocycles. The van der Waals surface area contributed by atoms with Crippen LogP contribution in [0.2, 0.25) is 0 Å². The maximum atomic E-state index is 13.5. The fourth-order valence-electron chi connectivity index (χ4n) is 5.76. The molecule has 218 valence electrons. The molecule has 0 fully saturated rings. The second-order valence-electron chi connectivity index (χ2n) is 12.5. The smallest absolute Gasteiger partial charge is 0.139 e. The van der Waals surface area contributed by atoms with Gasteiger partial charge in [0.05, 0.1) is 21.8 Å². The number of nitrogens with one attached hydrogen (secondary N) is 1. The van der Waals surface area contributed by atoms with Gasteiger partial charge in [-0.1, -0.05) is 141 Å². The van der Waals surface area contributed by atoms with Gasteiger partial charge < -0.3 is 4.74 Å². The summed E-state index contributed by atoms with van der Waals surface area (Å²) in [5, 5.41) is 3.75. The quantitative estimate of drug-likeness (QED) is 0.191. The SMILES string of the molecule is CC1(C)c2cccc([C@H](N[S@](=O)C(C)(C)C)c3ccccc3)c2Oc2c(P(c3ccccc3)c3ccccc3)cccc21. The normalized spacial score (nSPS) is 15.2. The summed E-state index contributed by atoms with van der Waals surface area (Å²) in [6.45, 7) is 10.6. The minimum Gasteiger partial charge on any atom is -0.456 e. The van der Waals surface area contributed by atoms with Crippen molar-refractivity contribution in [3.63, 3.8) is 0 Å². The first-order valence-electron chi connectivity index (χ1n) is 14.7. The fraction of sp³-hybridized carbons (Fsp3) is 0.211. The van der Waals surface area contributed by atoms with Gasteiger partial charge >= 0.3 is 0 Å². The van der Waals surface area contributed by atoms with Crippen molar-refractivity contribution in [3.8, 4) is 11.5 Å². The van der Waals surface area contributed by atoms with E-state index >= 15 is 0 Å². The van der Waals surface area contributed by atoms with E-state index in [1.807, 2.05) is 39.0 Å². The van der Waals surface area contributed by atoms with Crippen LogP contribution >= 0.6 is 7.92 Å². The van der Waals surface area contributed by atoms with E-state index < -0.39 is 23.7 Å². The molecule has 0 unspecified atom stereocenters. The Balaban J connectivity index is 1.55. The van der Waals surface area contributed by atoms with Gasteiger partial charge in [0.2, 0.25) is 0 Å². The molecule has 0 bridgehead atoms. The van der Waals surface area contributed by atoms with E-state index in [9.17, 15) is 4.21 Å². The highest BCUT2D eigenvalue weighted by Crippen LogP contribution is 2.52. The largest absolute Gasteiger partial charge is 0.456 e. The third-order valence-electron chi connectivity index (χ3n) is 8.09. The first-order chi connectivity index (χ1) is 20.7. The maximum absolute atomic E-state index is 13.5. The predicted molar refractivity (Wildman–Crippen MR) is 183 cm³/mol. The molecule has 6 rings (SSSR count). The van der Waals surface area contributed by atoms with Crippen molar-refractivity contribution >= 4 is 34.8 Å². The average Bonchev–Trinajstić information content (AvgIpc) is 3.01. The lowest BCUT2D eigenvalue weighted by Crippen LogP contribution is -2.37. The molecule has 0 aliphatic carbocycles. The average molecular weight is 604 g/mol. The van der Waals surface area contributed by atoms with Gasteiger partial charge in [-0.3, -0.25) is 0 Å². The Kier molecular flexibility index (Phi) is 8.13. The molecule has 1 aliphatic rings. The van der Waals surface area contributed by atoms with Crippen LogP contribution < -0.4 is 25.4 Å². The van der Waals surface area contributed by atoms with E-state index in [0.29, 0.717) is 0 Å². The zero-order valence-electron chi connectivity index (χ0n) is 25.4. The number of fused-ring (bicyclic) bond motifs is 2. The predicted octanol–water partition coefficient (Wildman–Crippen LogP) is 8.02. The lowest BCUT2D eigenvalue weighted by Gasteiger charge is -2.38. The van der Waals surface area contributed by atoms with Crippen LogP contribution in [-0.2, 0) is 16.4 Å². The number of benzene rings is 5. The lowest BCUT2D eigenvalue weighted by molar-refractivity contribution is 0.413. The van der Waals surface area contributed by atoms with Crippen molar-refractivity contribution < 1.29 is 8.95 Å². The Morgan fingerprint density at radius 2 is 1.19 bits per heavy atom. The molecule has 2 atom stereocenters.